The summed E-state index contributed by atoms with van der Waals surface area (Å²) in [5.74, 6) is -0.217. The van der Waals surface area contributed by atoms with E-state index in [1.807, 2.05) is 0 Å². The van der Waals surface area contributed by atoms with Crippen molar-refractivity contribution in [3.8, 4) is 5.75 Å². The van der Waals surface area contributed by atoms with E-state index in [4.69, 9.17) is 4.74 Å². The van der Waals surface area contributed by atoms with Crippen LogP contribution < -0.4 is 4.74 Å². The van der Waals surface area contributed by atoms with Gasteiger partial charge in [0.2, 0.25) is 0 Å². The Hall–Kier alpha value is -1.40. The molecule has 0 spiro atoms. The molecular formula is C11H12O5S. The summed E-state index contributed by atoms with van der Waals surface area (Å²) >= 11 is 0. The van der Waals surface area contributed by atoms with Gasteiger partial charge in [0, 0.05) is 0 Å². The van der Waals surface area contributed by atoms with Crippen LogP contribution in [-0.4, -0.2) is 43.5 Å². The second-order valence-corrected chi connectivity index (χ2v) is 6.11. The monoisotopic (exact) mass is 256 g/mol. The molecular weight excluding hydrogens is 244 g/mol. The lowest BCUT2D eigenvalue weighted by molar-refractivity contribution is 0.0728. The number of rotatable bonds is 3. The van der Waals surface area contributed by atoms with Gasteiger partial charge in [0.25, 0.3) is 0 Å². The number of para-hydroxylation sites is 1. The van der Waals surface area contributed by atoms with E-state index in [0.29, 0.717) is 17.6 Å². The molecule has 5 nitrogen and oxygen atoms in total. The number of sulfone groups is 1. The molecule has 1 aliphatic rings. The normalized spacial score (nSPS) is 26.6. The van der Waals surface area contributed by atoms with Gasteiger partial charge in [0.1, 0.15) is 18.0 Å². The Kier molecular flexibility index (Phi) is 3.17. The molecule has 0 amide bonds. The molecule has 2 atom stereocenters. The van der Waals surface area contributed by atoms with E-state index < -0.39 is 22.0 Å². The third-order valence-corrected chi connectivity index (χ3v) is 4.28. The average molecular weight is 256 g/mol. The maximum atomic E-state index is 11.3. The van der Waals surface area contributed by atoms with Gasteiger partial charge >= 0.3 is 0 Å². The molecule has 17 heavy (non-hydrogen) atoms. The molecule has 1 aromatic rings. The number of aliphatic hydroxyl groups excluding tert-OH is 1. The first-order chi connectivity index (χ1) is 8.02. The van der Waals surface area contributed by atoms with Gasteiger partial charge < -0.3 is 9.84 Å². The Balaban J connectivity index is 2.19. The van der Waals surface area contributed by atoms with Crippen LogP contribution in [0.25, 0.3) is 0 Å². The predicted octanol–water partition coefficient (Wildman–Crippen LogP) is 0.0358. The number of hydrogen-bond donors (Lipinski definition) is 1. The summed E-state index contributed by atoms with van der Waals surface area (Å²) in [7, 11) is -3.25. The lowest BCUT2D eigenvalue weighted by atomic mass is 10.2. The minimum atomic E-state index is -3.25. The zero-order valence-electron chi connectivity index (χ0n) is 8.94. The van der Waals surface area contributed by atoms with Crippen LogP contribution in [0.1, 0.15) is 10.4 Å². The van der Waals surface area contributed by atoms with E-state index in [9.17, 15) is 18.3 Å². The zero-order valence-corrected chi connectivity index (χ0v) is 9.76. The molecule has 0 aromatic heterocycles. The van der Waals surface area contributed by atoms with Crippen LogP contribution in [0.2, 0.25) is 0 Å². The Bertz CT molecular complexity index is 522. The van der Waals surface area contributed by atoms with E-state index in [1.165, 1.54) is 0 Å². The van der Waals surface area contributed by atoms with E-state index in [2.05, 4.69) is 0 Å². The van der Waals surface area contributed by atoms with Gasteiger partial charge in [0.15, 0.2) is 16.1 Å². The Morgan fingerprint density at radius 1 is 1.29 bits per heavy atom. The lowest BCUT2D eigenvalue weighted by Gasteiger charge is -2.16. The van der Waals surface area contributed by atoms with Gasteiger partial charge in [-0.3, -0.25) is 4.79 Å². The van der Waals surface area contributed by atoms with Crippen molar-refractivity contribution < 1.29 is 23.1 Å². The molecule has 1 saturated heterocycles. The van der Waals surface area contributed by atoms with Crippen molar-refractivity contribution in [1.29, 1.82) is 0 Å². The molecule has 0 bridgehead atoms. The van der Waals surface area contributed by atoms with Crippen LogP contribution in [0.15, 0.2) is 24.3 Å². The molecule has 1 aliphatic heterocycles. The number of carbonyl (C=O) groups is 1. The first kappa shape index (κ1) is 12.1. The molecule has 2 unspecified atom stereocenters. The largest absolute Gasteiger partial charge is 0.486 e. The molecule has 0 aliphatic carbocycles. The van der Waals surface area contributed by atoms with Gasteiger partial charge in [-0.2, -0.15) is 0 Å². The molecule has 2 rings (SSSR count). The van der Waals surface area contributed by atoms with Gasteiger partial charge in [-0.1, -0.05) is 12.1 Å². The molecule has 0 saturated carbocycles. The van der Waals surface area contributed by atoms with Crippen molar-refractivity contribution in [2.75, 3.05) is 11.5 Å². The summed E-state index contributed by atoms with van der Waals surface area (Å²) in [6.07, 6.45) is -1.22. The summed E-state index contributed by atoms with van der Waals surface area (Å²) in [6, 6.07) is 6.50. The highest BCUT2D eigenvalue weighted by atomic mass is 32.2. The molecule has 1 aromatic carbocycles. The highest BCUT2D eigenvalue weighted by Gasteiger charge is 2.38. The van der Waals surface area contributed by atoms with Gasteiger partial charge in [-0.25, -0.2) is 8.42 Å². The maximum absolute atomic E-state index is 11.3. The van der Waals surface area contributed by atoms with Crippen LogP contribution in [0.4, 0.5) is 0 Å². The fourth-order valence-corrected chi connectivity index (χ4v) is 3.42. The fraction of sp³-hybridized carbons (Fsp3) is 0.364. The van der Waals surface area contributed by atoms with Gasteiger partial charge in [0.05, 0.1) is 17.1 Å². The minimum absolute atomic E-state index is 0.221. The van der Waals surface area contributed by atoms with Crippen molar-refractivity contribution in [1.82, 2.24) is 0 Å². The molecule has 0 radical (unpaired) electrons. The van der Waals surface area contributed by atoms with Crippen LogP contribution in [0.3, 0.4) is 0 Å². The third kappa shape index (κ3) is 2.65. The van der Waals surface area contributed by atoms with Crippen molar-refractivity contribution >= 4 is 16.1 Å². The Morgan fingerprint density at radius 2 is 2.00 bits per heavy atom. The second-order valence-electron chi connectivity index (χ2n) is 3.96. The minimum Gasteiger partial charge on any atom is -0.486 e. The fourth-order valence-electron chi connectivity index (χ4n) is 1.76. The van der Waals surface area contributed by atoms with E-state index >= 15 is 0 Å². The zero-order chi connectivity index (χ0) is 12.5. The van der Waals surface area contributed by atoms with E-state index in [0.717, 1.165) is 0 Å². The van der Waals surface area contributed by atoms with E-state index in [-0.39, 0.29) is 11.5 Å². The van der Waals surface area contributed by atoms with E-state index in [1.54, 1.807) is 24.3 Å². The number of aldehydes is 1. The van der Waals surface area contributed by atoms with Crippen LogP contribution in [-0.2, 0) is 9.84 Å². The highest BCUT2D eigenvalue weighted by molar-refractivity contribution is 7.91. The number of hydrogen-bond acceptors (Lipinski definition) is 5. The maximum Gasteiger partial charge on any atom is 0.156 e. The quantitative estimate of drug-likeness (QED) is 0.772. The summed E-state index contributed by atoms with van der Waals surface area (Å²) in [4.78, 5) is 10.7. The number of aliphatic hydroxyl groups is 1. The highest BCUT2D eigenvalue weighted by Crippen LogP contribution is 2.22. The van der Waals surface area contributed by atoms with Crippen LogP contribution in [0.5, 0.6) is 5.75 Å². The average Bonchev–Trinajstić information content (AvgIpc) is 2.52. The molecule has 1 fully saturated rings. The first-order valence-corrected chi connectivity index (χ1v) is 6.93. The number of benzene rings is 1. The molecule has 1 heterocycles. The SMILES string of the molecule is O=Cc1ccccc1OC1CS(=O)(=O)CC1O. The third-order valence-electron chi connectivity index (χ3n) is 2.60. The summed E-state index contributed by atoms with van der Waals surface area (Å²) in [5, 5.41) is 9.56. The van der Waals surface area contributed by atoms with Gasteiger partial charge in [-0.15, -0.1) is 0 Å². The second kappa shape index (κ2) is 4.46. The van der Waals surface area contributed by atoms with Gasteiger partial charge in [-0.05, 0) is 12.1 Å². The predicted molar refractivity (Wildman–Crippen MR) is 60.9 cm³/mol. The molecule has 92 valence electrons. The van der Waals surface area contributed by atoms with Crippen molar-refractivity contribution in [3.05, 3.63) is 29.8 Å². The summed E-state index contributed by atoms with van der Waals surface area (Å²) < 4.78 is 28.0. The Labute approximate surface area is 98.9 Å². The molecule has 1 N–H and O–H groups in total. The molecule has 6 heteroatoms. The summed E-state index contributed by atoms with van der Waals surface area (Å²) in [5.41, 5.74) is 0.337. The topological polar surface area (TPSA) is 80.7 Å². The summed E-state index contributed by atoms with van der Waals surface area (Å²) in [6.45, 7) is 0. The van der Waals surface area contributed by atoms with Crippen LogP contribution in [0, 0.1) is 0 Å². The van der Waals surface area contributed by atoms with Crippen molar-refractivity contribution in [3.63, 3.8) is 0 Å². The Morgan fingerprint density at radius 3 is 2.59 bits per heavy atom. The number of ether oxygens (including phenoxy) is 1. The lowest BCUT2D eigenvalue weighted by Crippen LogP contribution is -2.30. The first-order valence-electron chi connectivity index (χ1n) is 5.11. The van der Waals surface area contributed by atoms with Crippen LogP contribution >= 0.6 is 0 Å². The van der Waals surface area contributed by atoms with Crippen molar-refractivity contribution in [2.24, 2.45) is 0 Å². The number of carbonyl (C=O) groups excluding carboxylic acids is 1. The smallest absolute Gasteiger partial charge is 0.156 e. The van der Waals surface area contributed by atoms with Crippen molar-refractivity contribution in [2.45, 2.75) is 12.2 Å². The standard InChI is InChI=1S/C11H12O5S/c12-5-8-3-1-2-4-10(8)16-11-7-17(14,15)6-9(11)13/h1-5,9,11,13H,6-7H2.